The molecule has 2 aliphatic carbocycles. The van der Waals surface area contributed by atoms with Crippen LogP contribution in [-0.2, 0) is 5.41 Å². The van der Waals surface area contributed by atoms with Crippen molar-refractivity contribution in [2.45, 2.75) is 76.5 Å². The fourth-order valence-electron chi connectivity index (χ4n) is 9.20. The summed E-state index contributed by atoms with van der Waals surface area (Å²) in [4.78, 5) is 2.55. The summed E-state index contributed by atoms with van der Waals surface area (Å²) in [6, 6.07) is 55.1. The van der Waals surface area contributed by atoms with Gasteiger partial charge in [0.25, 0.3) is 0 Å². The minimum absolute atomic E-state index is 0.0386. The monoisotopic (exact) mass is 661 g/mol. The first kappa shape index (κ1) is 31.8. The average molecular weight is 662 g/mol. The molecule has 0 amide bonds. The number of nitrogens with zero attached hydrogens (tertiary/aromatic N) is 1. The van der Waals surface area contributed by atoms with E-state index in [1.165, 1.54) is 129 Å². The molecule has 2 aliphatic rings. The summed E-state index contributed by atoms with van der Waals surface area (Å²) >= 11 is 0. The Morgan fingerprint density at radius 3 is 1.90 bits per heavy atom. The zero-order valence-corrected chi connectivity index (χ0v) is 30.0. The fraction of sp³-hybridized carbons (Fsp3) is 0.240. The van der Waals surface area contributed by atoms with Crippen molar-refractivity contribution < 1.29 is 0 Å². The summed E-state index contributed by atoms with van der Waals surface area (Å²) in [5, 5.41) is 5.03. The molecule has 7 aromatic rings. The van der Waals surface area contributed by atoms with E-state index in [4.69, 9.17) is 0 Å². The topological polar surface area (TPSA) is 3.24 Å². The lowest BCUT2D eigenvalue weighted by Gasteiger charge is -2.31. The van der Waals surface area contributed by atoms with Crippen LogP contribution in [0.2, 0.25) is 0 Å². The maximum atomic E-state index is 2.55. The minimum Gasteiger partial charge on any atom is -0.309 e. The van der Waals surface area contributed by atoms with Gasteiger partial charge in [-0.2, -0.15) is 0 Å². The van der Waals surface area contributed by atoms with E-state index in [1.807, 2.05) is 0 Å². The van der Waals surface area contributed by atoms with Gasteiger partial charge >= 0.3 is 0 Å². The van der Waals surface area contributed by atoms with Gasteiger partial charge in [-0.15, -0.1) is 0 Å². The Kier molecular flexibility index (Phi) is 8.23. The Bertz CT molecular complexity index is 2350. The maximum Gasteiger partial charge on any atom is 0.0618 e. The van der Waals surface area contributed by atoms with Crippen LogP contribution >= 0.6 is 0 Å². The van der Waals surface area contributed by atoms with Crippen LogP contribution in [0.15, 0.2) is 146 Å². The smallest absolute Gasteiger partial charge is 0.0618 e. The van der Waals surface area contributed by atoms with Crippen molar-refractivity contribution in [2.75, 3.05) is 4.90 Å². The Hall–Kier alpha value is -5.14. The molecule has 1 fully saturated rings. The molecular weight excluding hydrogens is 615 g/mol. The number of hydrogen-bond acceptors (Lipinski definition) is 1. The van der Waals surface area contributed by atoms with Crippen LogP contribution in [-0.4, -0.2) is 0 Å². The normalized spacial score (nSPS) is 15.9. The van der Waals surface area contributed by atoms with E-state index in [9.17, 15) is 0 Å². The van der Waals surface area contributed by atoms with Crippen LogP contribution in [0.25, 0.3) is 43.8 Å². The van der Waals surface area contributed by atoms with Crippen molar-refractivity contribution in [1.82, 2.24) is 0 Å². The number of anilines is 3. The molecule has 1 nitrogen and oxygen atoms in total. The van der Waals surface area contributed by atoms with Crippen LogP contribution in [0.1, 0.15) is 87.8 Å². The number of benzene rings is 7. The molecule has 9 rings (SSSR count). The van der Waals surface area contributed by atoms with Gasteiger partial charge in [-0.05, 0) is 98.6 Å². The van der Waals surface area contributed by atoms with Crippen LogP contribution < -0.4 is 4.90 Å². The van der Waals surface area contributed by atoms with E-state index < -0.39 is 0 Å². The van der Waals surface area contributed by atoms with Crippen molar-refractivity contribution in [3.8, 4) is 22.3 Å². The molecule has 252 valence electrons. The lowest BCUT2D eigenvalue weighted by atomic mass is 9.82. The standard InChI is InChI=1S/C50H47N/c1-50(2)47-22-14-13-21-45(47)46-34-42(30-32-48(46)50)51(41-28-25-37(26-29-41)35-15-7-5-3-4-6-8-16-35)49-43-20-12-11-18-38(43)27-31-44(49)40-24-23-36-17-9-10-19-39(36)33-40/h9-14,17-35H,3-8,15-16H2,1-2H3. The average Bonchev–Trinajstić information content (AvgIpc) is 3.49. The number of hydrogen-bond donors (Lipinski definition) is 0. The third kappa shape index (κ3) is 5.74. The summed E-state index contributed by atoms with van der Waals surface area (Å²) in [7, 11) is 0. The SMILES string of the molecule is CC1(C)c2ccccc2-c2cc(N(c3ccc(C4CCCCCCCC4)cc3)c3c(-c4ccc5ccccc5c4)ccc4ccccc34)ccc21. The summed E-state index contributed by atoms with van der Waals surface area (Å²) in [5.74, 6) is 0.648. The van der Waals surface area contributed by atoms with Gasteiger partial charge in [-0.25, -0.2) is 0 Å². The van der Waals surface area contributed by atoms with E-state index in [0.717, 1.165) is 0 Å². The Morgan fingerprint density at radius 1 is 0.471 bits per heavy atom. The fourth-order valence-corrected chi connectivity index (χ4v) is 9.20. The van der Waals surface area contributed by atoms with E-state index in [1.54, 1.807) is 0 Å². The van der Waals surface area contributed by atoms with Gasteiger partial charge in [0.2, 0.25) is 0 Å². The second kappa shape index (κ2) is 13.2. The molecule has 0 unspecified atom stereocenters. The first-order valence-corrected chi connectivity index (χ1v) is 19.2. The van der Waals surface area contributed by atoms with Crippen LogP contribution in [0.4, 0.5) is 17.1 Å². The first-order chi connectivity index (χ1) is 25.1. The molecule has 0 aromatic heterocycles. The third-order valence-corrected chi connectivity index (χ3v) is 12.0. The highest BCUT2D eigenvalue weighted by Gasteiger charge is 2.35. The molecule has 1 heteroatoms. The zero-order chi connectivity index (χ0) is 34.4. The molecule has 0 radical (unpaired) electrons. The molecule has 1 saturated carbocycles. The van der Waals surface area contributed by atoms with Crippen molar-refractivity contribution >= 4 is 38.6 Å². The van der Waals surface area contributed by atoms with Crippen molar-refractivity contribution in [1.29, 1.82) is 0 Å². The highest BCUT2D eigenvalue weighted by atomic mass is 15.1. The first-order valence-electron chi connectivity index (χ1n) is 19.2. The summed E-state index contributed by atoms with van der Waals surface area (Å²) in [6.45, 7) is 4.74. The molecule has 0 aliphatic heterocycles. The predicted octanol–water partition coefficient (Wildman–Crippen LogP) is 14.7. The largest absolute Gasteiger partial charge is 0.309 e. The Balaban J connectivity index is 1.26. The summed E-state index contributed by atoms with van der Waals surface area (Å²) in [6.07, 6.45) is 10.8. The highest BCUT2D eigenvalue weighted by Crippen LogP contribution is 2.52. The van der Waals surface area contributed by atoms with Gasteiger partial charge in [0.1, 0.15) is 0 Å². The molecule has 0 bridgehead atoms. The third-order valence-electron chi connectivity index (χ3n) is 12.0. The zero-order valence-electron chi connectivity index (χ0n) is 30.0. The van der Waals surface area contributed by atoms with E-state index in [-0.39, 0.29) is 5.41 Å². The second-order valence-electron chi connectivity index (χ2n) is 15.5. The molecule has 0 N–H and O–H groups in total. The lowest BCUT2D eigenvalue weighted by molar-refractivity contribution is 0.540. The van der Waals surface area contributed by atoms with Gasteiger partial charge in [0.15, 0.2) is 0 Å². The van der Waals surface area contributed by atoms with Crippen molar-refractivity contribution in [3.05, 3.63) is 162 Å². The number of rotatable bonds is 5. The Labute approximate surface area is 303 Å². The number of fused-ring (bicyclic) bond motifs is 5. The van der Waals surface area contributed by atoms with E-state index >= 15 is 0 Å². The molecule has 7 aromatic carbocycles. The maximum absolute atomic E-state index is 2.55. The molecule has 51 heavy (non-hydrogen) atoms. The Morgan fingerprint density at radius 2 is 1.10 bits per heavy atom. The second-order valence-corrected chi connectivity index (χ2v) is 15.5. The van der Waals surface area contributed by atoms with Gasteiger partial charge in [-0.3, -0.25) is 0 Å². The van der Waals surface area contributed by atoms with Crippen LogP contribution in [0.3, 0.4) is 0 Å². The van der Waals surface area contributed by atoms with Crippen LogP contribution in [0, 0.1) is 0 Å². The molecule has 0 atom stereocenters. The minimum atomic E-state index is -0.0386. The van der Waals surface area contributed by atoms with Gasteiger partial charge in [0, 0.05) is 27.7 Å². The molecule has 0 saturated heterocycles. The predicted molar refractivity (Wildman–Crippen MR) is 219 cm³/mol. The summed E-state index contributed by atoms with van der Waals surface area (Å²) in [5.41, 5.74) is 13.0. The van der Waals surface area contributed by atoms with E-state index in [2.05, 4.69) is 164 Å². The quantitative estimate of drug-likeness (QED) is 0.177. The van der Waals surface area contributed by atoms with Crippen molar-refractivity contribution in [2.24, 2.45) is 0 Å². The van der Waals surface area contributed by atoms with Gasteiger partial charge < -0.3 is 4.90 Å². The van der Waals surface area contributed by atoms with Crippen LogP contribution in [0.5, 0.6) is 0 Å². The lowest BCUT2D eigenvalue weighted by Crippen LogP contribution is -2.16. The molecule has 0 spiro atoms. The van der Waals surface area contributed by atoms with Gasteiger partial charge in [-0.1, -0.05) is 168 Å². The molecule has 0 heterocycles. The van der Waals surface area contributed by atoms with E-state index in [0.29, 0.717) is 5.92 Å². The van der Waals surface area contributed by atoms with Crippen molar-refractivity contribution in [3.63, 3.8) is 0 Å². The summed E-state index contributed by atoms with van der Waals surface area (Å²) < 4.78 is 0. The van der Waals surface area contributed by atoms with Gasteiger partial charge in [0.05, 0.1) is 5.69 Å². The highest BCUT2D eigenvalue weighted by molar-refractivity contribution is 6.07. The molecular formula is C50H47N.